The smallest absolute Gasteiger partial charge is 0.142 e. The van der Waals surface area contributed by atoms with Gasteiger partial charge in [-0.2, -0.15) is 0 Å². The molecule has 0 aromatic heterocycles. The van der Waals surface area contributed by atoms with Gasteiger partial charge in [0.2, 0.25) is 0 Å². The van der Waals surface area contributed by atoms with Crippen LogP contribution in [-0.2, 0) is 6.54 Å². The summed E-state index contributed by atoms with van der Waals surface area (Å²) in [5, 5.41) is 13.2. The van der Waals surface area contributed by atoms with Crippen LogP contribution in [-0.4, -0.2) is 17.3 Å². The lowest BCUT2D eigenvalue weighted by atomic mass is 9.92. The summed E-state index contributed by atoms with van der Waals surface area (Å²) in [6.07, 6.45) is 3.79. The third-order valence-corrected chi connectivity index (χ3v) is 3.59. The summed E-state index contributed by atoms with van der Waals surface area (Å²) in [5.41, 5.74) is 0.852. The predicted molar refractivity (Wildman–Crippen MR) is 66.5 cm³/mol. The largest absolute Gasteiger partial charge is 0.392 e. The summed E-state index contributed by atoms with van der Waals surface area (Å²) < 4.78 is 13.2. The van der Waals surface area contributed by atoms with E-state index in [1.54, 1.807) is 12.1 Å². The predicted octanol–water partition coefficient (Wildman–Crippen LogP) is 2.87. The SMILES string of the molecule is OC1CCCCC1NCc1ccc(Cl)c(F)c1. The molecule has 17 heavy (non-hydrogen) atoms. The molecule has 1 saturated carbocycles. The van der Waals surface area contributed by atoms with Gasteiger partial charge in [-0.3, -0.25) is 0 Å². The van der Waals surface area contributed by atoms with Crippen LogP contribution in [0, 0.1) is 5.82 Å². The highest BCUT2D eigenvalue weighted by Crippen LogP contribution is 2.19. The van der Waals surface area contributed by atoms with Crippen molar-refractivity contribution in [3.8, 4) is 0 Å². The van der Waals surface area contributed by atoms with Crippen LogP contribution in [0.2, 0.25) is 5.02 Å². The molecule has 94 valence electrons. The Morgan fingerprint density at radius 2 is 2.12 bits per heavy atom. The second-order valence-electron chi connectivity index (χ2n) is 4.59. The Hall–Kier alpha value is -0.640. The highest BCUT2D eigenvalue weighted by molar-refractivity contribution is 6.30. The van der Waals surface area contributed by atoms with E-state index < -0.39 is 5.82 Å². The van der Waals surface area contributed by atoms with Crippen molar-refractivity contribution in [3.05, 3.63) is 34.6 Å². The number of hydrogen-bond donors (Lipinski definition) is 2. The van der Waals surface area contributed by atoms with Gasteiger partial charge in [0.05, 0.1) is 11.1 Å². The van der Waals surface area contributed by atoms with Crippen molar-refractivity contribution in [2.45, 2.75) is 44.4 Å². The second kappa shape index (κ2) is 5.80. The van der Waals surface area contributed by atoms with Crippen LogP contribution in [0.5, 0.6) is 0 Å². The molecule has 0 spiro atoms. The molecule has 2 N–H and O–H groups in total. The summed E-state index contributed by atoms with van der Waals surface area (Å²) in [7, 11) is 0. The molecule has 2 rings (SSSR count). The lowest BCUT2D eigenvalue weighted by molar-refractivity contribution is 0.0902. The van der Waals surface area contributed by atoms with E-state index in [-0.39, 0.29) is 17.2 Å². The first-order valence-corrected chi connectivity index (χ1v) is 6.40. The molecule has 0 aliphatic heterocycles. The van der Waals surface area contributed by atoms with Crippen molar-refractivity contribution < 1.29 is 9.50 Å². The molecule has 2 atom stereocenters. The topological polar surface area (TPSA) is 32.3 Å². The van der Waals surface area contributed by atoms with Crippen molar-refractivity contribution in [2.75, 3.05) is 0 Å². The van der Waals surface area contributed by atoms with E-state index in [9.17, 15) is 9.50 Å². The summed E-state index contributed by atoms with van der Waals surface area (Å²) in [6, 6.07) is 4.92. The maximum atomic E-state index is 13.2. The molecule has 0 bridgehead atoms. The second-order valence-corrected chi connectivity index (χ2v) is 4.99. The lowest BCUT2D eigenvalue weighted by Crippen LogP contribution is -2.41. The molecule has 2 nitrogen and oxygen atoms in total. The number of rotatable bonds is 3. The molecule has 0 radical (unpaired) electrons. The van der Waals surface area contributed by atoms with E-state index in [4.69, 9.17) is 11.6 Å². The minimum Gasteiger partial charge on any atom is -0.392 e. The Bertz CT molecular complexity index is 386. The van der Waals surface area contributed by atoms with Crippen LogP contribution in [0.15, 0.2) is 18.2 Å². The van der Waals surface area contributed by atoms with Gasteiger partial charge in [-0.1, -0.05) is 30.5 Å². The Balaban J connectivity index is 1.90. The van der Waals surface area contributed by atoms with Gasteiger partial charge in [-0.05, 0) is 30.5 Å². The average Bonchev–Trinajstić information content (AvgIpc) is 2.32. The highest BCUT2D eigenvalue weighted by Gasteiger charge is 2.22. The third-order valence-electron chi connectivity index (χ3n) is 3.28. The van der Waals surface area contributed by atoms with Crippen LogP contribution in [0.1, 0.15) is 31.2 Å². The number of halogens is 2. The molecule has 0 amide bonds. The van der Waals surface area contributed by atoms with E-state index in [1.165, 1.54) is 6.07 Å². The van der Waals surface area contributed by atoms with Gasteiger partial charge in [0.1, 0.15) is 5.82 Å². The van der Waals surface area contributed by atoms with Gasteiger partial charge in [-0.25, -0.2) is 4.39 Å². The number of nitrogens with one attached hydrogen (secondary N) is 1. The zero-order chi connectivity index (χ0) is 12.3. The van der Waals surface area contributed by atoms with Crippen molar-refractivity contribution in [2.24, 2.45) is 0 Å². The molecular formula is C13H17ClFNO. The van der Waals surface area contributed by atoms with Crippen molar-refractivity contribution in [1.82, 2.24) is 5.32 Å². The molecule has 1 aromatic carbocycles. The minimum absolute atomic E-state index is 0.127. The molecule has 0 heterocycles. The fourth-order valence-electron chi connectivity index (χ4n) is 2.25. The first kappa shape index (κ1) is 12.8. The van der Waals surface area contributed by atoms with E-state index >= 15 is 0 Å². The fraction of sp³-hybridized carbons (Fsp3) is 0.538. The van der Waals surface area contributed by atoms with Crippen LogP contribution < -0.4 is 5.32 Å². The molecule has 1 fully saturated rings. The standard InChI is InChI=1S/C13H17ClFNO/c14-10-6-5-9(7-11(10)15)8-16-12-3-1-2-4-13(12)17/h5-7,12-13,16-17H,1-4,8H2. The summed E-state index contributed by atoms with van der Waals surface area (Å²) in [6.45, 7) is 0.565. The Kier molecular flexibility index (Phi) is 4.37. The van der Waals surface area contributed by atoms with Crippen LogP contribution in [0.3, 0.4) is 0 Å². The van der Waals surface area contributed by atoms with Gasteiger partial charge in [0.25, 0.3) is 0 Å². The van der Waals surface area contributed by atoms with Gasteiger partial charge in [0.15, 0.2) is 0 Å². The van der Waals surface area contributed by atoms with E-state index in [0.717, 1.165) is 31.2 Å². The van der Waals surface area contributed by atoms with Gasteiger partial charge in [0, 0.05) is 12.6 Å². The van der Waals surface area contributed by atoms with Crippen LogP contribution in [0.4, 0.5) is 4.39 Å². The van der Waals surface area contributed by atoms with Gasteiger partial charge < -0.3 is 10.4 Å². The maximum absolute atomic E-state index is 13.2. The molecule has 1 aliphatic carbocycles. The maximum Gasteiger partial charge on any atom is 0.142 e. The average molecular weight is 258 g/mol. The van der Waals surface area contributed by atoms with Crippen molar-refractivity contribution >= 4 is 11.6 Å². The van der Waals surface area contributed by atoms with E-state index in [0.29, 0.717) is 6.54 Å². The molecule has 2 unspecified atom stereocenters. The number of hydrogen-bond acceptors (Lipinski definition) is 2. The van der Waals surface area contributed by atoms with Crippen LogP contribution in [0.25, 0.3) is 0 Å². The van der Waals surface area contributed by atoms with Gasteiger partial charge in [-0.15, -0.1) is 0 Å². The Morgan fingerprint density at radius 1 is 1.35 bits per heavy atom. The molecular weight excluding hydrogens is 241 g/mol. The van der Waals surface area contributed by atoms with E-state index in [1.807, 2.05) is 0 Å². The third kappa shape index (κ3) is 3.41. The van der Waals surface area contributed by atoms with Crippen LogP contribution >= 0.6 is 11.6 Å². The zero-order valence-corrected chi connectivity index (χ0v) is 10.4. The van der Waals surface area contributed by atoms with Crippen molar-refractivity contribution in [3.63, 3.8) is 0 Å². The number of aliphatic hydroxyl groups is 1. The molecule has 4 heteroatoms. The lowest BCUT2D eigenvalue weighted by Gasteiger charge is -2.28. The molecule has 1 aromatic rings. The Morgan fingerprint density at radius 3 is 2.82 bits per heavy atom. The normalized spacial score (nSPS) is 24.9. The monoisotopic (exact) mass is 257 g/mol. The van der Waals surface area contributed by atoms with Gasteiger partial charge >= 0.3 is 0 Å². The summed E-state index contributed by atoms with van der Waals surface area (Å²) in [5.74, 6) is -0.393. The Labute approximate surface area is 106 Å². The number of benzene rings is 1. The minimum atomic E-state index is -0.393. The number of aliphatic hydroxyl groups excluding tert-OH is 1. The fourth-order valence-corrected chi connectivity index (χ4v) is 2.37. The van der Waals surface area contributed by atoms with Crippen molar-refractivity contribution in [1.29, 1.82) is 0 Å². The molecule has 0 saturated heterocycles. The zero-order valence-electron chi connectivity index (χ0n) is 9.63. The van der Waals surface area contributed by atoms with E-state index in [2.05, 4.69) is 5.32 Å². The quantitative estimate of drug-likeness (QED) is 0.873. The first-order chi connectivity index (χ1) is 8.16. The summed E-state index contributed by atoms with van der Waals surface area (Å²) in [4.78, 5) is 0. The first-order valence-electron chi connectivity index (χ1n) is 6.02. The molecule has 1 aliphatic rings. The summed E-state index contributed by atoms with van der Waals surface area (Å²) >= 11 is 5.62. The highest BCUT2D eigenvalue weighted by atomic mass is 35.5.